The Balaban J connectivity index is 2.25. The third kappa shape index (κ3) is 1.92. The van der Waals surface area contributed by atoms with E-state index >= 15 is 0 Å². The number of rotatable bonds is 4. The van der Waals surface area contributed by atoms with Crippen molar-refractivity contribution in [3.05, 3.63) is 11.9 Å². The highest BCUT2D eigenvalue weighted by Crippen LogP contribution is 2.32. The zero-order chi connectivity index (χ0) is 11.5. The molecule has 16 heavy (non-hydrogen) atoms. The highest BCUT2D eigenvalue weighted by Gasteiger charge is 2.29. The lowest BCUT2D eigenvalue weighted by atomic mass is 9.96. The van der Waals surface area contributed by atoms with Crippen LogP contribution in [0.25, 0.3) is 0 Å². The third-order valence-corrected chi connectivity index (χ3v) is 3.15. The van der Waals surface area contributed by atoms with Crippen molar-refractivity contribution in [2.24, 2.45) is 11.7 Å². The van der Waals surface area contributed by atoms with Crippen LogP contribution in [0.15, 0.2) is 6.20 Å². The molecule has 1 aromatic rings. The fourth-order valence-electron chi connectivity index (χ4n) is 2.18. The Hall–Kier alpha value is -1.07. The summed E-state index contributed by atoms with van der Waals surface area (Å²) < 4.78 is 12.6. The highest BCUT2D eigenvalue weighted by molar-refractivity contribution is 5.28. The molecule has 1 aliphatic heterocycles. The molecule has 5 nitrogen and oxygen atoms in total. The van der Waals surface area contributed by atoms with Gasteiger partial charge in [0.1, 0.15) is 0 Å². The van der Waals surface area contributed by atoms with Crippen LogP contribution in [-0.2, 0) is 11.3 Å². The van der Waals surface area contributed by atoms with E-state index in [4.69, 9.17) is 15.2 Å². The molecule has 1 aliphatic rings. The third-order valence-electron chi connectivity index (χ3n) is 3.15. The summed E-state index contributed by atoms with van der Waals surface area (Å²) in [7, 11) is 1.65. The molecule has 0 aromatic carbocycles. The van der Waals surface area contributed by atoms with Gasteiger partial charge < -0.3 is 15.2 Å². The minimum absolute atomic E-state index is 0.0556. The standard InChI is InChI=1S/C11H19N3O2/c1-3-14-11(9(15-2)6-13-14)10(12)8-4-5-16-7-8/h6,8,10H,3-5,7,12H2,1-2H3. The van der Waals surface area contributed by atoms with Crippen molar-refractivity contribution in [1.82, 2.24) is 9.78 Å². The van der Waals surface area contributed by atoms with Crippen LogP contribution in [0.2, 0.25) is 0 Å². The summed E-state index contributed by atoms with van der Waals surface area (Å²) in [5.41, 5.74) is 7.26. The molecule has 1 fully saturated rings. The summed E-state index contributed by atoms with van der Waals surface area (Å²) in [4.78, 5) is 0. The van der Waals surface area contributed by atoms with E-state index in [1.165, 1.54) is 0 Å². The number of aromatic nitrogens is 2. The number of ether oxygens (including phenoxy) is 2. The molecule has 2 rings (SSSR count). The molecule has 2 N–H and O–H groups in total. The van der Waals surface area contributed by atoms with Crippen LogP contribution in [0, 0.1) is 5.92 Å². The van der Waals surface area contributed by atoms with Crippen molar-refractivity contribution in [3.63, 3.8) is 0 Å². The predicted molar refractivity (Wildman–Crippen MR) is 60.3 cm³/mol. The minimum Gasteiger partial charge on any atom is -0.493 e. The summed E-state index contributed by atoms with van der Waals surface area (Å²) in [6.45, 7) is 4.40. The highest BCUT2D eigenvalue weighted by atomic mass is 16.5. The van der Waals surface area contributed by atoms with Gasteiger partial charge in [-0.1, -0.05) is 0 Å². The minimum atomic E-state index is -0.0556. The normalized spacial score (nSPS) is 22.3. The molecule has 0 saturated carbocycles. The molecular weight excluding hydrogens is 206 g/mol. The quantitative estimate of drug-likeness (QED) is 0.828. The van der Waals surface area contributed by atoms with Gasteiger partial charge >= 0.3 is 0 Å². The molecule has 1 saturated heterocycles. The van der Waals surface area contributed by atoms with Gasteiger partial charge in [0, 0.05) is 19.1 Å². The molecule has 1 aromatic heterocycles. The van der Waals surface area contributed by atoms with Gasteiger partial charge in [-0.2, -0.15) is 5.10 Å². The van der Waals surface area contributed by atoms with Crippen molar-refractivity contribution in [2.75, 3.05) is 20.3 Å². The van der Waals surface area contributed by atoms with Crippen molar-refractivity contribution < 1.29 is 9.47 Å². The molecule has 2 atom stereocenters. The lowest BCUT2D eigenvalue weighted by molar-refractivity contribution is 0.179. The molecule has 0 aliphatic carbocycles. The van der Waals surface area contributed by atoms with Crippen LogP contribution in [-0.4, -0.2) is 30.1 Å². The Bertz CT molecular complexity index is 323. The number of hydrogen-bond acceptors (Lipinski definition) is 4. The largest absolute Gasteiger partial charge is 0.493 e. The zero-order valence-corrected chi connectivity index (χ0v) is 9.85. The summed E-state index contributed by atoms with van der Waals surface area (Å²) in [5, 5.41) is 4.27. The number of nitrogens with zero attached hydrogens (tertiary/aromatic N) is 2. The summed E-state index contributed by atoms with van der Waals surface area (Å²) in [6.07, 6.45) is 2.74. The number of hydrogen-bond donors (Lipinski definition) is 1. The molecule has 2 unspecified atom stereocenters. The molecule has 0 bridgehead atoms. The second kappa shape index (κ2) is 4.84. The van der Waals surface area contributed by atoms with Crippen LogP contribution in [0.5, 0.6) is 5.75 Å². The van der Waals surface area contributed by atoms with E-state index < -0.39 is 0 Å². The van der Waals surface area contributed by atoms with Crippen LogP contribution in [0.1, 0.15) is 25.1 Å². The Labute approximate surface area is 95.5 Å². The first-order chi connectivity index (χ1) is 7.77. The van der Waals surface area contributed by atoms with Crippen molar-refractivity contribution in [2.45, 2.75) is 25.9 Å². The van der Waals surface area contributed by atoms with Crippen LogP contribution in [0.3, 0.4) is 0 Å². The SMILES string of the molecule is CCn1ncc(OC)c1C(N)C1CCOC1. The first-order valence-electron chi connectivity index (χ1n) is 5.71. The van der Waals surface area contributed by atoms with Gasteiger partial charge in [0.05, 0.1) is 31.6 Å². The van der Waals surface area contributed by atoms with Crippen LogP contribution < -0.4 is 10.5 Å². The van der Waals surface area contributed by atoms with E-state index in [0.717, 1.165) is 37.6 Å². The molecule has 5 heteroatoms. The van der Waals surface area contributed by atoms with E-state index in [9.17, 15) is 0 Å². The maximum atomic E-state index is 6.28. The molecule has 90 valence electrons. The predicted octanol–water partition coefficient (Wildman–Crippen LogP) is 0.948. The lowest BCUT2D eigenvalue weighted by Crippen LogP contribution is -2.25. The average Bonchev–Trinajstić information content (AvgIpc) is 2.96. The van der Waals surface area contributed by atoms with Crippen LogP contribution >= 0.6 is 0 Å². The van der Waals surface area contributed by atoms with Gasteiger partial charge in [-0.05, 0) is 13.3 Å². The van der Waals surface area contributed by atoms with E-state index in [0.29, 0.717) is 5.92 Å². The van der Waals surface area contributed by atoms with Gasteiger partial charge in [-0.25, -0.2) is 0 Å². The topological polar surface area (TPSA) is 62.3 Å². The Morgan fingerprint density at radius 2 is 2.56 bits per heavy atom. The zero-order valence-electron chi connectivity index (χ0n) is 9.85. The molecule has 0 radical (unpaired) electrons. The first kappa shape index (κ1) is 11.4. The molecular formula is C11H19N3O2. The smallest absolute Gasteiger partial charge is 0.161 e. The lowest BCUT2D eigenvalue weighted by Gasteiger charge is -2.19. The Morgan fingerprint density at radius 3 is 3.12 bits per heavy atom. The van der Waals surface area contributed by atoms with Gasteiger partial charge in [0.15, 0.2) is 5.75 Å². The molecule has 2 heterocycles. The van der Waals surface area contributed by atoms with Gasteiger partial charge in [-0.3, -0.25) is 4.68 Å². The maximum absolute atomic E-state index is 6.28. The van der Waals surface area contributed by atoms with Crippen molar-refractivity contribution >= 4 is 0 Å². The second-order valence-electron chi connectivity index (χ2n) is 4.06. The van der Waals surface area contributed by atoms with E-state index in [2.05, 4.69) is 5.10 Å². The number of aryl methyl sites for hydroxylation is 1. The first-order valence-corrected chi connectivity index (χ1v) is 5.71. The summed E-state index contributed by atoms with van der Waals surface area (Å²) >= 11 is 0. The van der Waals surface area contributed by atoms with Crippen molar-refractivity contribution in [1.29, 1.82) is 0 Å². The number of methoxy groups -OCH3 is 1. The molecule has 0 spiro atoms. The van der Waals surface area contributed by atoms with E-state index in [1.807, 2.05) is 11.6 Å². The fourth-order valence-corrected chi connectivity index (χ4v) is 2.18. The van der Waals surface area contributed by atoms with Crippen molar-refractivity contribution in [3.8, 4) is 5.75 Å². The monoisotopic (exact) mass is 225 g/mol. The van der Waals surface area contributed by atoms with Gasteiger partial charge in [0.25, 0.3) is 0 Å². The second-order valence-corrected chi connectivity index (χ2v) is 4.06. The van der Waals surface area contributed by atoms with E-state index in [1.54, 1.807) is 13.3 Å². The van der Waals surface area contributed by atoms with Gasteiger partial charge in [-0.15, -0.1) is 0 Å². The summed E-state index contributed by atoms with van der Waals surface area (Å²) in [5.74, 6) is 1.15. The van der Waals surface area contributed by atoms with E-state index in [-0.39, 0.29) is 6.04 Å². The Morgan fingerprint density at radius 1 is 1.75 bits per heavy atom. The average molecular weight is 225 g/mol. The number of nitrogens with two attached hydrogens (primary N) is 1. The fraction of sp³-hybridized carbons (Fsp3) is 0.727. The van der Waals surface area contributed by atoms with Gasteiger partial charge in [0.2, 0.25) is 0 Å². The molecule has 0 amide bonds. The maximum Gasteiger partial charge on any atom is 0.161 e. The van der Waals surface area contributed by atoms with Crippen LogP contribution in [0.4, 0.5) is 0 Å². The summed E-state index contributed by atoms with van der Waals surface area (Å²) in [6, 6.07) is -0.0556. The Kier molecular flexibility index (Phi) is 3.46.